The van der Waals surface area contributed by atoms with Gasteiger partial charge in [-0.15, -0.1) is 0 Å². The molecule has 7 heteroatoms. The molecule has 142 valence electrons. The van der Waals surface area contributed by atoms with E-state index in [9.17, 15) is 18.4 Å². The highest BCUT2D eigenvalue weighted by atomic mass is 19.3. The zero-order valence-corrected chi connectivity index (χ0v) is 14.7. The van der Waals surface area contributed by atoms with Gasteiger partial charge in [-0.25, -0.2) is 4.79 Å². The summed E-state index contributed by atoms with van der Waals surface area (Å²) >= 11 is 0. The number of halogens is 2. The van der Waals surface area contributed by atoms with E-state index in [2.05, 4.69) is 10.1 Å². The zero-order chi connectivity index (χ0) is 19.6. The molecule has 27 heavy (non-hydrogen) atoms. The second-order valence-electron chi connectivity index (χ2n) is 5.45. The van der Waals surface area contributed by atoms with Crippen LogP contribution in [0.15, 0.2) is 54.6 Å². The molecule has 0 bridgehead atoms. The molecule has 2 aromatic carbocycles. The summed E-state index contributed by atoms with van der Waals surface area (Å²) in [6.07, 6.45) is 3.05. The first-order valence-corrected chi connectivity index (χ1v) is 8.24. The highest BCUT2D eigenvalue weighted by Gasteiger charge is 2.07. The monoisotopic (exact) mass is 375 g/mol. The summed E-state index contributed by atoms with van der Waals surface area (Å²) in [5.41, 5.74) is 2.06. The number of carbonyl (C=O) groups excluding carboxylic acids is 2. The van der Waals surface area contributed by atoms with Crippen molar-refractivity contribution in [2.75, 3.05) is 11.9 Å². The number of alkyl halides is 2. The maximum absolute atomic E-state index is 12.1. The van der Waals surface area contributed by atoms with Crippen LogP contribution in [0.4, 0.5) is 14.5 Å². The van der Waals surface area contributed by atoms with E-state index in [-0.39, 0.29) is 18.1 Å². The van der Waals surface area contributed by atoms with Crippen LogP contribution in [0.1, 0.15) is 18.1 Å². The van der Waals surface area contributed by atoms with Gasteiger partial charge in [-0.1, -0.05) is 24.3 Å². The fraction of sp³-hybridized carbons (Fsp3) is 0.200. The molecule has 2 rings (SSSR count). The third kappa shape index (κ3) is 7.27. The van der Waals surface area contributed by atoms with Crippen molar-refractivity contribution in [3.8, 4) is 5.75 Å². The average molecular weight is 375 g/mol. The van der Waals surface area contributed by atoms with E-state index in [4.69, 9.17) is 4.74 Å². The Balaban J connectivity index is 1.87. The van der Waals surface area contributed by atoms with Crippen LogP contribution in [0.3, 0.4) is 0 Å². The normalized spacial score (nSPS) is 10.8. The Morgan fingerprint density at radius 2 is 1.74 bits per heavy atom. The van der Waals surface area contributed by atoms with Crippen molar-refractivity contribution in [3.05, 3.63) is 65.7 Å². The van der Waals surface area contributed by atoms with E-state index in [1.165, 1.54) is 18.2 Å². The smallest absolute Gasteiger partial charge is 0.387 e. The second-order valence-corrected chi connectivity index (χ2v) is 5.45. The number of nitrogens with one attached hydrogen (secondary N) is 1. The number of hydrogen-bond donors (Lipinski definition) is 1. The maximum Gasteiger partial charge on any atom is 0.387 e. The Hall–Kier alpha value is -3.22. The van der Waals surface area contributed by atoms with E-state index in [1.807, 2.05) is 0 Å². The molecule has 0 saturated heterocycles. The van der Waals surface area contributed by atoms with Crippen LogP contribution in [0, 0.1) is 0 Å². The number of rotatable bonds is 8. The molecular formula is C20H19F2NO4. The lowest BCUT2D eigenvalue weighted by molar-refractivity contribution is -0.137. The van der Waals surface area contributed by atoms with E-state index >= 15 is 0 Å². The first-order chi connectivity index (χ1) is 13.0. The summed E-state index contributed by atoms with van der Waals surface area (Å²) in [6, 6.07) is 12.8. The molecule has 0 aliphatic rings. The van der Waals surface area contributed by atoms with Gasteiger partial charge in [-0.3, -0.25) is 4.79 Å². The Kier molecular flexibility index (Phi) is 7.49. The number of hydrogen-bond acceptors (Lipinski definition) is 4. The molecule has 0 aromatic heterocycles. The molecule has 0 fully saturated rings. The third-order valence-electron chi connectivity index (χ3n) is 3.41. The van der Waals surface area contributed by atoms with Gasteiger partial charge in [-0.2, -0.15) is 8.78 Å². The lowest BCUT2D eigenvalue weighted by Crippen LogP contribution is -2.14. The highest BCUT2D eigenvalue weighted by Crippen LogP contribution is 2.16. The Morgan fingerprint density at radius 3 is 2.33 bits per heavy atom. The topological polar surface area (TPSA) is 64.6 Å². The summed E-state index contributed by atoms with van der Waals surface area (Å²) in [5, 5.41) is 2.74. The predicted molar refractivity (Wildman–Crippen MR) is 97.5 cm³/mol. The van der Waals surface area contributed by atoms with Gasteiger partial charge in [0.05, 0.1) is 13.0 Å². The van der Waals surface area contributed by atoms with Gasteiger partial charge in [0.1, 0.15) is 5.75 Å². The SMILES string of the molecule is CCOC(=O)/C=C/c1ccc(NC(=O)Cc2ccc(OC(F)F)cc2)cc1. The molecule has 0 unspecified atom stereocenters. The molecule has 1 amide bonds. The predicted octanol–water partition coefficient (Wildman–Crippen LogP) is 4.05. The molecule has 0 aliphatic carbocycles. The Labute approximate surface area is 155 Å². The average Bonchev–Trinajstić information content (AvgIpc) is 2.62. The molecule has 0 heterocycles. The van der Waals surface area contributed by atoms with Crippen molar-refractivity contribution in [1.82, 2.24) is 0 Å². The van der Waals surface area contributed by atoms with E-state index in [1.54, 1.807) is 49.4 Å². The minimum absolute atomic E-state index is 0.0422. The van der Waals surface area contributed by atoms with Crippen molar-refractivity contribution < 1.29 is 27.8 Å². The summed E-state index contributed by atoms with van der Waals surface area (Å²) < 4.78 is 33.3. The van der Waals surface area contributed by atoms with Crippen LogP contribution >= 0.6 is 0 Å². The van der Waals surface area contributed by atoms with Gasteiger partial charge in [0.25, 0.3) is 0 Å². The van der Waals surface area contributed by atoms with Crippen LogP contribution in [0.2, 0.25) is 0 Å². The van der Waals surface area contributed by atoms with Crippen molar-refractivity contribution in [3.63, 3.8) is 0 Å². The van der Waals surface area contributed by atoms with Crippen LogP contribution in [-0.2, 0) is 20.7 Å². The van der Waals surface area contributed by atoms with Crippen LogP contribution in [0.25, 0.3) is 6.08 Å². The lowest BCUT2D eigenvalue weighted by Gasteiger charge is -2.07. The quantitative estimate of drug-likeness (QED) is 0.559. The van der Waals surface area contributed by atoms with E-state index in [0.717, 1.165) is 5.56 Å². The summed E-state index contributed by atoms with van der Waals surface area (Å²) in [5.74, 6) is -0.618. The number of esters is 1. The van der Waals surface area contributed by atoms with Gasteiger partial charge in [-0.05, 0) is 48.4 Å². The number of carbonyl (C=O) groups is 2. The Morgan fingerprint density at radius 1 is 1.07 bits per heavy atom. The minimum Gasteiger partial charge on any atom is -0.463 e. The Bertz CT molecular complexity index is 787. The van der Waals surface area contributed by atoms with E-state index < -0.39 is 12.6 Å². The van der Waals surface area contributed by atoms with Crippen LogP contribution in [-0.4, -0.2) is 25.1 Å². The molecule has 5 nitrogen and oxygen atoms in total. The van der Waals surface area contributed by atoms with Crippen molar-refractivity contribution >= 4 is 23.6 Å². The van der Waals surface area contributed by atoms with Crippen LogP contribution < -0.4 is 10.1 Å². The number of anilines is 1. The largest absolute Gasteiger partial charge is 0.463 e. The van der Waals surface area contributed by atoms with Crippen molar-refractivity contribution in [2.24, 2.45) is 0 Å². The third-order valence-corrected chi connectivity index (χ3v) is 3.41. The standard InChI is InChI=1S/C20H19F2NO4/c1-2-26-19(25)12-7-14-3-8-16(9-4-14)23-18(24)13-15-5-10-17(11-6-15)27-20(21)22/h3-12,20H,2,13H2,1H3,(H,23,24)/b12-7+. The number of benzene rings is 2. The molecule has 0 radical (unpaired) electrons. The fourth-order valence-electron chi connectivity index (χ4n) is 2.21. The van der Waals surface area contributed by atoms with Crippen LogP contribution in [0.5, 0.6) is 5.75 Å². The van der Waals surface area contributed by atoms with E-state index in [0.29, 0.717) is 17.9 Å². The van der Waals surface area contributed by atoms with Gasteiger partial charge in [0, 0.05) is 11.8 Å². The number of ether oxygens (including phenoxy) is 2. The second kappa shape index (κ2) is 10.1. The first-order valence-electron chi connectivity index (χ1n) is 8.24. The fourth-order valence-corrected chi connectivity index (χ4v) is 2.21. The lowest BCUT2D eigenvalue weighted by atomic mass is 10.1. The molecule has 1 N–H and O–H groups in total. The molecule has 0 saturated carbocycles. The molecule has 2 aromatic rings. The minimum atomic E-state index is -2.88. The van der Waals surface area contributed by atoms with Gasteiger partial charge < -0.3 is 14.8 Å². The highest BCUT2D eigenvalue weighted by molar-refractivity contribution is 5.92. The van der Waals surface area contributed by atoms with Crippen molar-refractivity contribution in [1.29, 1.82) is 0 Å². The summed E-state index contributed by atoms with van der Waals surface area (Å²) in [4.78, 5) is 23.3. The number of amides is 1. The van der Waals surface area contributed by atoms with Crippen molar-refractivity contribution in [2.45, 2.75) is 20.0 Å². The van der Waals surface area contributed by atoms with Gasteiger partial charge >= 0.3 is 12.6 Å². The maximum atomic E-state index is 12.1. The van der Waals surface area contributed by atoms with Gasteiger partial charge in [0.15, 0.2) is 0 Å². The molecule has 0 atom stereocenters. The first kappa shape index (κ1) is 20.1. The summed E-state index contributed by atoms with van der Waals surface area (Å²) in [6.45, 7) is -0.834. The zero-order valence-electron chi connectivity index (χ0n) is 14.7. The molecule has 0 aliphatic heterocycles. The molecule has 0 spiro atoms. The van der Waals surface area contributed by atoms with Gasteiger partial charge in [0.2, 0.25) is 5.91 Å². The molecular weight excluding hydrogens is 356 g/mol. The summed E-state index contributed by atoms with van der Waals surface area (Å²) in [7, 11) is 0.